The summed E-state index contributed by atoms with van der Waals surface area (Å²) in [5, 5.41) is 2.98. The van der Waals surface area contributed by atoms with Crippen LogP contribution in [-0.2, 0) is 11.3 Å². The Morgan fingerprint density at radius 2 is 1.96 bits per heavy atom. The number of nitrogens with zero attached hydrogens (tertiary/aromatic N) is 2. The van der Waals surface area contributed by atoms with E-state index in [0.29, 0.717) is 6.54 Å². The van der Waals surface area contributed by atoms with E-state index >= 15 is 0 Å². The molecular weight excluding hydrogens is 357 g/mol. The van der Waals surface area contributed by atoms with Crippen LogP contribution in [0.1, 0.15) is 24.0 Å². The number of ether oxygens (including phenoxy) is 1. The Morgan fingerprint density at radius 3 is 2.61 bits per heavy atom. The molecule has 2 aromatic carbocycles. The summed E-state index contributed by atoms with van der Waals surface area (Å²) in [4.78, 5) is 16.6. The van der Waals surface area contributed by atoms with Gasteiger partial charge in [-0.25, -0.2) is 4.39 Å². The van der Waals surface area contributed by atoms with Crippen LogP contribution < -0.4 is 15.0 Å². The largest absolute Gasteiger partial charge is 0.494 e. The first-order valence-electron chi connectivity index (χ1n) is 9.62. The van der Waals surface area contributed by atoms with Crippen LogP contribution >= 0.6 is 0 Å². The zero-order chi connectivity index (χ0) is 20.1. The molecule has 1 fully saturated rings. The molecule has 5 nitrogen and oxygen atoms in total. The first-order valence-corrected chi connectivity index (χ1v) is 9.62. The number of likely N-dealkylation sites (N-methyl/N-ethyl adjacent to an activating group) is 1. The Kier molecular flexibility index (Phi) is 6.52. The fraction of sp³-hybridized carbons (Fsp3) is 0.409. The predicted octanol–water partition coefficient (Wildman–Crippen LogP) is 3.81. The zero-order valence-corrected chi connectivity index (χ0v) is 16.8. The Morgan fingerprint density at radius 1 is 1.21 bits per heavy atom. The maximum absolute atomic E-state index is 13.8. The highest BCUT2D eigenvalue weighted by Crippen LogP contribution is 2.25. The van der Waals surface area contributed by atoms with Crippen molar-refractivity contribution in [3.8, 4) is 5.75 Å². The van der Waals surface area contributed by atoms with Crippen molar-refractivity contribution < 1.29 is 13.9 Å². The number of hydrogen-bond donors (Lipinski definition) is 1. The van der Waals surface area contributed by atoms with Gasteiger partial charge in [0.2, 0.25) is 5.91 Å². The van der Waals surface area contributed by atoms with Gasteiger partial charge in [0.25, 0.3) is 0 Å². The van der Waals surface area contributed by atoms with Gasteiger partial charge in [-0.15, -0.1) is 0 Å². The molecule has 3 rings (SSSR count). The summed E-state index contributed by atoms with van der Waals surface area (Å²) in [7, 11) is 3.28. The molecule has 28 heavy (non-hydrogen) atoms. The van der Waals surface area contributed by atoms with E-state index < -0.39 is 5.82 Å². The second-order valence-corrected chi connectivity index (χ2v) is 7.38. The molecule has 0 atom stereocenters. The van der Waals surface area contributed by atoms with Crippen molar-refractivity contribution in [2.24, 2.45) is 0 Å². The van der Waals surface area contributed by atoms with Gasteiger partial charge in [0.1, 0.15) is 0 Å². The van der Waals surface area contributed by atoms with Crippen LogP contribution in [0.25, 0.3) is 0 Å². The lowest BCUT2D eigenvalue weighted by Crippen LogP contribution is -2.30. The van der Waals surface area contributed by atoms with Gasteiger partial charge in [-0.3, -0.25) is 9.69 Å². The third-order valence-corrected chi connectivity index (χ3v) is 5.04. The maximum Gasteiger partial charge on any atom is 0.238 e. The van der Waals surface area contributed by atoms with Crippen molar-refractivity contribution in [1.29, 1.82) is 0 Å². The highest BCUT2D eigenvalue weighted by molar-refractivity contribution is 5.93. The molecule has 0 unspecified atom stereocenters. The minimum Gasteiger partial charge on any atom is -0.494 e. The minimum absolute atomic E-state index is 0.0893. The number of nitrogens with one attached hydrogen (secondary N) is 1. The van der Waals surface area contributed by atoms with E-state index in [1.807, 2.05) is 24.9 Å². The maximum atomic E-state index is 13.8. The molecule has 1 amide bonds. The summed E-state index contributed by atoms with van der Waals surface area (Å²) in [5.41, 5.74) is 3.89. The van der Waals surface area contributed by atoms with Crippen molar-refractivity contribution in [3.63, 3.8) is 0 Å². The van der Waals surface area contributed by atoms with Crippen LogP contribution in [0.4, 0.5) is 15.8 Å². The number of carbonyl (C=O) groups is 1. The van der Waals surface area contributed by atoms with Gasteiger partial charge in [-0.2, -0.15) is 0 Å². The summed E-state index contributed by atoms with van der Waals surface area (Å²) in [6.07, 6.45) is 2.48. The number of anilines is 2. The second kappa shape index (κ2) is 9.06. The number of amides is 1. The van der Waals surface area contributed by atoms with Crippen molar-refractivity contribution in [2.45, 2.75) is 26.3 Å². The van der Waals surface area contributed by atoms with Gasteiger partial charge in [0, 0.05) is 31.0 Å². The summed E-state index contributed by atoms with van der Waals surface area (Å²) in [5.74, 6) is -0.267. The Balaban J connectivity index is 1.55. The molecule has 1 N–H and O–H groups in total. The molecule has 0 bridgehead atoms. The summed E-state index contributed by atoms with van der Waals surface area (Å²) in [6.45, 7) is 4.91. The van der Waals surface area contributed by atoms with Gasteiger partial charge in [0.15, 0.2) is 11.6 Å². The van der Waals surface area contributed by atoms with E-state index in [4.69, 9.17) is 4.74 Å². The summed E-state index contributed by atoms with van der Waals surface area (Å²) >= 11 is 0. The van der Waals surface area contributed by atoms with Crippen molar-refractivity contribution in [2.75, 3.05) is 44.0 Å². The lowest BCUT2D eigenvalue weighted by Gasteiger charge is -2.20. The molecule has 150 valence electrons. The smallest absolute Gasteiger partial charge is 0.238 e. The zero-order valence-electron chi connectivity index (χ0n) is 16.8. The van der Waals surface area contributed by atoms with E-state index in [9.17, 15) is 9.18 Å². The molecule has 6 heteroatoms. The Bertz CT molecular complexity index is 835. The number of benzene rings is 2. The molecule has 0 aliphatic carbocycles. The Labute approximate surface area is 166 Å². The van der Waals surface area contributed by atoms with Gasteiger partial charge < -0.3 is 15.0 Å². The molecule has 1 heterocycles. The van der Waals surface area contributed by atoms with E-state index in [0.717, 1.165) is 29.9 Å². The number of aryl methyl sites for hydroxylation is 1. The van der Waals surface area contributed by atoms with E-state index in [2.05, 4.69) is 22.3 Å². The van der Waals surface area contributed by atoms with Crippen LogP contribution in [0.15, 0.2) is 36.4 Å². The molecule has 0 aromatic heterocycles. The monoisotopic (exact) mass is 385 g/mol. The van der Waals surface area contributed by atoms with E-state index in [1.54, 1.807) is 12.1 Å². The second-order valence-electron chi connectivity index (χ2n) is 7.38. The first-order chi connectivity index (χ1) is 13.5. The van der Waals surface area contributed by atoms with Gasteiger partial charge in [0.05, 0.1) is 13.7 Å². The van der Waals surface area contributed by atoms with Crippen LogP contribution in [0, 0.1) is 12.7 Å². The quantitative estimate of drug-likeness (QED) is 0.787. The molecule has 1 saturated heterocycles. The van der Waals surface area contributed by atoms with Gasteiger partial charge in [-0.05, 0) is 68.3 Å². The number of halogens is 1. The fourth-order valence-corrected chi connectivity index (χ4v) is 3.57. The molecule has 0 spiro atoms. The highest BCUT2D eigenvalue weighted by Gasteiger charge is 2.14. The standard InChI is InChI=1S/C22H28FN3O2/c1-16-12-18(26-10-4-5-11-26)7-8-20(16)24-22(27)15-25(2)14-17-6-9-21(28-3)19(23)13-17/h6-9,12-13H,4-5,10-11,14-15H2,1-3H3,(H,24,27). The molecule has 0 saturated carbocycles. The lowest BCUT2D eigenvalue weighted by atomic mass is 10.1. The van der Waals surface area contributed by atoms with Crippen LogP contribution in [0.3, 0.4) is 0 Å². The van der Waals surface area contributed by atoms with Crippen molar-refractivity contribution in [3.05, 3.63) is 53.3 Å². The predicted molar refractivity (Wildman–Crippen MR) is 111 cm³/mol. The number of rotatable bonds is 7. The highest BCUT2D eigenvalue weighted by atomic mass is 19.1. The number of methoxy groups -OCH3 is 1. The average Bonchev–Trinajstić information content (AvgIpc) is 3.18. The Hall–Kier alpha value is -2.60. The molecule has 2 aromatic rings. The van der Waals surface area contributed by atoms with E-state index in [-0.39, 0.29) is 18.2 Å². The fourth-order valence-electron chi connectivity index (χ4n) is 3.57. The molecule has 0 radical (unpaired) electrons. The molecule has 1 aliphatic heterocycles. The van der Waals surface area contributed by atoms with Crippen LogP contribution in [-0.4, -0.2) is 44.6 Å². The summed E-state index contributed by atoms with van der Waals surface area (Å²) < 4.78 is 18.7. The van der Waals surface area contributed by atoms with Crippen LogP contribution in [0.2, 0.25) is 0 Å². The minimum atomic E-state index is -0.397. The SMILES string of the molecule is COc1ccc(CN(C)CC(=O)Nc2ccc(N3CCCC3)cc2C)cc1F. The third-order valence-electron chi connectivity index (χ3n) is 5.04. The molecular formula is C22H28FN3O2. The summed E-state index contributed by atoms with van der Waals surface area (Å²) in [6, 6.07) is 11.0. The van der Waals surface area contributed by atoms with Gasteiger partial charge >= 0.3 is 0 Å². The average molecular weight is 385 g/mol. The van der Waals surface area contributed by atoms with Crippen molar-refractivity contribution >= 4 is 17.3 Å². The topological polar surface area (TPSA) is 44.8 Å². The third kappa shape index (κ3) is 5.01. The number of hydrogen-bond acceptors (Lipinski definition) is 4. The lowest BCUT2D eigenvalue weighted by molar-refractivity contribution is -0.117. The molecule has 1 aliphatic rings. The van der Waals surface area contributed by atoms with E-state index in [1.165, 1.54) is 31.7 Å². The van der Waals surface area contributed by atoms with Crippen molar-refractivity contribution in [1.82, 2.24) is 4.90 Å². The first kappa shape index (κ1) is 20.1. The van der Waals surface area contributed by atoms with Crippen LogP contribution in [0.5, 0.6) is 5.75 Å². The van der Waals surface area contributed by atoms with Gasteiger partial charge in [-0.1, -0.05) is 6.07 Å². The number of carbonyl (C=O) groups excluding carboxylic acids is 1. The normalized spacial score (nSPS) is 13.8.